The van der Waals surface area contributed by atoms with Crippen LogP contribution in [0.15, 0.2) is 0 Å². The number of hydrogen-bond acceptors (Lipinski definition) is 3. The van der Waals surface area contributed by atoms with E-state index in [1.165, 1.54) is 31.8 Å². The Morgan fingerprint density at radius 2 is 2.31 bits per heavy atom. The molecule has 2 nitrogen and oxygen atoms in total. The van der Waals surface area contributed by atoms with Crippen molar-refractivity contribution in [3.05, 3.63) is 0 Å². The molecule has 1 aliphatic heterocycles. The number of hydrogen-bond donors (Lipinski definition) is 1. The summed E-state index contributed by atoms with van der Waals surface area (Å²) in [5.41, 5.74) is 0. The number of nitrogens with one attached hydrogen (secondary N) is 1. The van der Waals surface area contributed by atoms with Crippen molar-refractivity contribution >= 4 is 11.8 Å². The van der Waals surface area contributed by atoms with Gasteiger partial charge in [0.1, 0.15) is 0 Å². The molecule has 0 bridgehead atoms. The van der Waals surface area contributed by atoms with Gasteiger partial charge in [-0.05, 0) is 13.0 Å². The molecular formula is C10H22N2S. The van der Waals surface area contributed by atoms with E-state index in [0.29, 0.717) is 0 Å². The van der Waals surface area contributed by atoms with E-state index in [-0.39, 0.29) is 0 Å². The highest BCUT2D eigenvalue weighted by Gasteiger charge is 2.17. The van der Waals surface area contributed by atoms with E-state index in [1.807, 2.05) is 0 Å². The Morgan fingerprint density at radius 3 is 3.00 bits per heavy atom. The normalized spacial score (nSPS) is 24.9. The van der Waals surface area contributed by atoms with Gasteiger partial charge in [0.05, 0.1) is 0 Å². The van der Waals surface area contributed by atoms with E-state index in [4.69, 9.17) is 0 Å². The van der Waals surface area contributed by atoms with Crippen LogP contribution < -0.4 is 5.32 Å². The van der Waals surface area contributed by atoms with Gasteiger partial charge in [0.15, 0.2) is 0 Å². The van der Waals surface area contributed by atoms with Crippen molar-refractivity contribution in [1.29, 1.82) is 0 Å². The molecule has 0 amide bonds. The number of likely N-dealkylation sites (N-methyl/N-ethyl adjacent to an activating group) is 1. The highest BCUT2D eigenvalue weighted by molar-refractivity contribution is 8.00. The lowest BCUT2D eigenvalue weighted by Gasteiger charge is -2.31. The molecule has 0 aromatic carbocycles. The van der Waals surface area contributed by atoms with E-state index < -0.39 is 0 Å². The molecule has 13 heavy (non-hydrogen) atoms. The molecule has 1 N–H and O–H groups in total. The molecule has 1 fully saturated rings. The molecule has 1 saturated heterocycles. The fourth-order valence-corrected chi connectivity index (χ4v) is 2.89. The fourth-order valence-electron chi connectivity index (χ4n) is 1.64. The first-order chi connectivity index (χ1) is 6.36. The maximum atomic E-state index is 3.38. The Labute approximate surface area is 86.5 Å². The summed E-state index contributed by atoms with van der Waals surface area (Å²) in [5, 5.41) is 4.26. The zero-order valence-corrected chi connectivity index (χ0v) is 9.70. The lowest BCUT2D eigenvalue weighted by molar-refractivity contribution is 0.281. The van der Waals surface area contributed by atoms with E-state index in [1.54, 1.807) is 0 Å². The molecular weight excluding hydrogens is 180 g/mol. The van der Waals surface area contributed by atoms with Crippen molar-refractivity contribution in [3.8, 4) is 0 Å². The van der Waals surface area contributed by atoms with Gasteiger partial charge in [-0.1, -0.05) is 13.8 Å². The summed E-state index contributed by atoms with van der Waals surface area (Å²) in [5.74, 6) is 1.32. The van der Waals surface area contributed by atoms with Crippen molar-refractivity contribution in [2.45, 2.75) is 25.5 Å². The third-order valence-corrected chi connectivity index (χ3v) is 3.91. The van der Waals surface area contributed by atoms with E-state index in [9.17, 15) is 0 Å². The number of thioether (sulfide) groups is 1. The van der Waals surface area contributed by atoms with Crippen LogP contribution in [-0.4, -0.2) is 48.6 Å². The van der Waals surface area contributed by atoms with E-state index >= 15 is 0 Å². The Balaban J connectivity index is 2.11. The molecule has 0 spiro atoms. The van der Waals surface area contributed by atoms with Crippen LogP contribution in [0.25, 0.3) is 0 Å². The van der Waals surface area contributed by atoms with Crippen LogP contribution in [0.3, 0.4) is 0 Å². The molecule has 1 rings (SSSR count). The second kappa shape index (κ2) is 6.68. The van der Waals surface area contributed by atoms with Gasteiger partial charge >= 0.3 is 0 Å². The van der Waals surface area contributed by atoms with Crippen LogP contribution in [0.1, 0.15) is 20.3 Å². The highest BCUT2D eigenvalue weighted by Crippen LogP contribution is 2.20. The van der Waals surface area contributed by atoms with Crippen LogP contribution in [-0.2, 0) is 0 Å². The van der Waals surface area contributed by atoms with Gasteiger partial charge in [-0.25, -0.2) is 0 Å². The predicted octanol–water partition coefficient (Wildman–Crippen LogP) is 1.42. The van der Waals surface area contributed by atoms with E-state index in [0.717, 1.165) is 18.3 Å². The molecule has 3 heteroatoms. The summed E-state index contributed by atoms with van der Waals surface area (Å²) in [7, 11) is 0. The zero-order chi connectivity index (χ0) is 9.52. The van der Waals surface area contributed by atoms with Crippen molar-refractivity contribution in [2.24, 2.45) is 0 Å². The maximum absolute atomic E-state index is 3.38. The van der Waals surface area contributed by atoms with Crippen LogP contribution >= 0.6 is 11.8 Å². The lowest BCUT2D eigenvalue weighted by Crippen LogP contribution is -2.41. The standard InChI is InChI=1S/C10H22N2S/c1-3-10-9-12(7-8-13-10)6-5-11-4-2/h10-11H,3-9H2,1-2H3. The molecule has 0 radical (unpaired) electrons. The van der Waals surface area contributed by atoms with Gasteiger partial charge in [0.25, 0.3) is 0 Å². The van der Waals surface area contributed by atoms with Crippen LogP contribution in [0.4, 0.5) is 0 Å². The van der Waals surface area contributed by atoms with Gasteiger partial charge in [0.2, 0.25) is 0 Å². The first-order valence-electron chi connectivity index (χ1n) is 5.41. The topological polar surface area (TPSA) is 15.3 Å². The molecule has 78 valence electrons. The lowest BCUT2D eigenvalue weighted by atomic mass is 10.3. The largest absolute Gasteiger partial charge is 0.316 e. The minimum atomic E-state index is 0.885. The Bertz CT molecular complexity index is 130. The van der Waals surface area contributed by atoms with Crippen molar-refractivity contribution < 1.29 is 0 Å². The predicted molar refractivity (Wildman–Crippen MR) is 61.5 cm³/mol. The van der Waals surface area contributed by atoms with E-state index in [2.05, 4.69) is 35.8 Å². The Kier molecular flexibility index (Phi) is 5.83. The van der Waals surface area contributed by atoms with Gasteiger partial charge in [-0.3, -0.25) is 0 Å². The molecule has 0 aliphatic carbocycles. The molecule has 1 aliphatic rings. The molecule has 1 atom stereocenters. The summed E-state index contributed by atoms with van der Waals surface area (Å²) in [4.78, 5) is 2.59. The summed E-state index contributed by atoms with van der Waals surface area (Å²) in [6.45, 7) is 10.5. The monoisotopic (exact) mass is 202 g/mol. The Morgan fingerprint density at radius 1 is 1.46 bits per heavy atom. The van der Waals surface area contributed by atoms with Gasteiger partial charge in [-0.15, -0.1) is 0 Å². The smallest absolute Gasteiger partial charge is 0.0172 e. The third-order valence-electron chi connectivity index (χ3n) is 2.53. The van der Waals surface area contributed by atoms with Crippen molar-refractivity contribution in [1.82, 2.24) is 10.2 Å². The molecule has 0 aromatic heterocycles. The maximum Gasteiger partial charge on any atom is 0.0172 e. The van der Waals surface area contributed by atoms with Crippen molar-refractivity contribution in [2.75, 3.05) is 38.5 Å². The summed E-state index contributed by atoms with van der Waals surface area (Å²) in [6, 6.07) is 0. The number of nitrogens with zero attached hydrogens (tertiary/aromatic N) is 1. The molecule has 0 saturated carbocycles. The first kappa shape index (κ1) is 11.3. The van der Waals surface area contributed by atoms with Gasteiger partial charge in [0, 0.05) is 37.2 Å². The average molecular weight is 202 g/mol. The highest BCUT2D eigenvalue weighted by atomic mass is 32.2. The van der Waals surface area contributed by atoms with Crippen LogP contribution in [0.2, 0.25) is 0 Å². The summed E-state index contributed by atoms with van der Waals surface area (Å²) in [6.07, 6.45) is 1.32. The average Bonchev–Trinajstić information content (AvgIpc) is 2.19. The fraction of sp³-hybridized carbons (Fsp3) is 1.00. The zero-order valence-electron chi connectivity index (χ0n) is 8.88. The third kappa shape index (κ3) is 4.34. The van der Waals surface area contributed by atoms with Gasteiger partial charge in [-0.2, -0.15) is 11.8 Å². The second-order valence-electron chi connectivity index (χ2n) is 3.56. The first-order valence-corrected chi connectivity index (χ1v) is 6.46. The minimum absolute atomic E-state index is 0.885. The number of rotatable bonds is 5. The second-order valence-corrected chi connectivity index (χ2v) is 4.96. The van der Waals surface area contributed by atoms with Crippen molar-refractivity contribution in [3.63, 3.8) is 0 Å². The molecule has 1 heterocycles. The quantitative estimate of drug-likeness (QED) is 0.679. The molecule has 1 unspecified atom stereocenters. The van der Waals surface area contributed by atoms with Crippen LogP contribution in [0, 0.1) is 0 Å². The van der Waals surface area contributed by atoms with Crippen LogP contribution in [0.5, 0.6) is 0 Å². The summed E-state index contributed by atoms with van der Waals surface area (Å²) < 4.78 is 0. The molecule has 0 aromatic rings. The minimum Gasteiger partial charge on any atom is -0.316 e. The Hall–Kier alpha value is 0.270. The summed E-state index contributed by atoms with van der Waals surface area (Å²) >= 11 is 2.14. The van der Waals surface area contributed by atoms with Gasteiger partial charge < -0.3 is 10.2 Å². The SMILES string of the molecule is CCNCCN1CCSC(CC)C1.